The van der Waals surface area contributed by atoms with Gasteiger partial charge in [0.15, 0.2) is 0 Å². The van der Waals surface area contributed by atoms with Crippen LogP contribution in [0.3, 0.4) is 0 Å². The quantitative estimate of drug-likeness (QED) is 0.461. The van der Waals surface area contributed by atoms with Crippen molar-refractivity contribution in [3.63, 3.8) is 0 Å². The fraction of sp³-hybridized carbons (Fsp3) is 0.231. The van der Waals surface area contributed by atoms with Gasteiger partial charge in [0.25, 0.3) is 5.91 Å². The van der Waals surface area contributed by atoms with Crippen molar-refractivity contribution in [1.29, 1.82) is 0 Å². The van der Waals surface area contributed by atoms with Gasteiger partial charge in [-0.1, -0.05) is 24.3 Å². The van der Waals surface area contributed by atoms with Gasteiger partial charge >= 0.3 is 5.69 Å². The van der Waals surface area contributed by atoms with Crippen molar-refractivity contribution in [3.05, 3.63) is 99.7 Å². The van der Waals surface area contributed by atoms with E-state index in [0.29, 0.717) is 28.8 Å². The van der Waals surface area contributed by atoms with Crippen LogP contribution in [-0.4, -0.2) is 46.7 Å². The number of hydrogen-bond donors (Lipinski definition) is 2. The number of fused-ring (bicyclic) bond motifs is 1. The number of aromatic nitrogens is 2. The summed E-state index contributed by atoms with van der Waals surface area (Å²) in [6.45, 7) is 4.54. The first-order valence-corrected chi connectivity index (χ1v) is 11.2. The van der Waals surface area contributed by atoms with Crippen LogP contribution in [0, 0.1) is 5.82 Å². The van der Waals surface area contributed by atoms with Gasteiger partial charge in [-0.2, -0.15) is 0 Å². The summed E-state index contributed by atoms with van der Waals surface area (Å²) in [4.78, 5) is 30.4. The van der Waals surface area contributed by atoms with E-state index in [1.54, 1.807) is 34.9 Å². The van der Waals surface area contributed by atoms with E-state index in [9.17, 15) is 14.0 Å². The Labute approximate surface area is 195 Å². The second-order valence-electron chi connectivity index (χ2n) is 8.41. The number of nitrogens with one attached hydrogen (secondary N) is 2. The van der Waals surface area contributed by atoms with Gasteiger partial charge in [-0.3, -0.25) is 14.3 Å². The minimum absolute atomic E-state index is 0.255. The van der Waals surface area contributed by atoms with Gasteiger partial charge in [0.2, 0.25) is 0 Å². The highest BCUT2D eigenvalue weighted by atomic mass is 19.1. The lowest BCUT2D eigenvalue weighted by Gasteiger charge is -2.26. The van der Waals surface area contributed by atoms with Crippen LogP contribution in [0.15, 0.2) is 71.5 Å². The number of benzene rings is 3. The number of carbonyl (C=O) groups is 1. The smallest absolute Gasteiger partial charge is 0.326 e. The maximum absolute atomic E-state index is 13.2. The number of morpholine rings is 1. The van der Waals surface area contributed by atoms with Crippen LogP contribution in [0.1, 0.15) is 21.5 Å². The Bertz CT molecular complexity index is 1350. The molecule has 0 aliphatic carbocycles. The average molecular weight is 461 g/mol. The van der Waals surface area contributed by atoms with Crippen molar-refractivity contribution < 1.29 is 13.9 Å². The van der Waals surface area contributed by atoms with Crippen molar-refractivity contribution in [2.45, 2.75) is 13.1 Å². The molecule has 8 heteroatoms. The second-order valence-corrected chi connectivity index (χ2v) is 8.41. The molecule has 34 heavy (non-hydrogen) atoms. The summed E-state index contributed by atoms with van der Waals surface area (Å²) in [5.74, 6) is -0.576. The Morgan fingerprint density at radius 2 is 1.62 bits per heavy atom. The van der Waals surface area contributed by atoms with E-state index in [0.717, 1.165) is 38.4 Å². The molecule has 2 N–H and O–H groups in total. The number of ether oxygens (including phenoxy) is 1. The Morgan fingerprint density at radius 3 is 2.35 bits per heavy atom. The predicted molar refractivity (Wildman–Crippen MR) is 129 cm³/mol. The highest BCUT2D eigenvalue weighted by Gasteiger charge is 2.13. The molecule has 0 atom stereocenters. The van der Waals surface area contributed by atoms with Crippen LogP contribution >= 0.6 is 0 Å². The van der Waals surface area contributed by atoms with Gasteiger partial charge in [-0.25, -0.2) is 9.18 Å². The van der Waals surface area contributed by atoms with E-state index >= 15 is 0 Å². The summed E-state index contributed by atoms with van der Waals surface area (Å²) in [5, 5.41) is 2.91. The van der Waals surface area contributed by atoms with Gasteiger partial charge in [-0.05, 0) is 53.6 Å². The van der Waals surface area contributed by atoms with E-state index in [2.05, 4.69) is 15.2 Å². The molecule has 1 aromatic heterocycles. The summed E-state index contributed by atoms with van der Waals surface area (Å²) in [7, 11) is 0. The zero-order valence-corrected chi connectivity index (χ0v) is 18.6. The molecular weight excluding hydrogens is 435 g/mol. The normalized spacial score (nSPS) is 14.4. The summed E-state index contributed by atoms with van der Waals surface area (Å²) in [5.41, 5.74) is 4.11. The number of nitrogens with zero attached hydrogens (tertiary/aromatic N) is 2. The number of halogens is 1. The molecule has 3 aromatic carbocycles. The van der Waals surface area contributed by atoms with E-state index in [4.69, 9.17) is 4.74 Å². The van der Waals surface area contributed by atoms with Crippen molar-refractivity contribution in [3.8, 4) is 0 Å². The Kier molecular flexibility index (Phi) is 6.24. The van der Waals surface area contributed by atoms with Crippen LogP contribution in [0.25, 0.3) is 11.0 Å². The molecule has 0 unspecified atom stereocenters. The lowest BCUT2D eigenvalue weighted by atomic mass is 10.1. The van der Waals surface area contributed by atoms with Crippen LogP contribution in [0.4, 0.5) is 10.1 Å². The SMILES string of the molecule is O=C(Nc1ccc(CN2CCOCC2)cc1)c1ccc2c(c1)[nH]c(=O)n2Cc1ccc(F)cc1. The minimum Gasteiger partial charge on any atom is -0.379 e. The van der Waals surface area contributed by atoms with Crippen LogP contribution in [-0.2, 0) is 17.8 Å². The molecule has 0 saturated carbocycles. The monoisotopic (exact) mass is 460 g/mol. The van der Waals surface area contributed by atoms with E-state index in [1.807, 2.05) is 24.3 Å². The van der Waals surface area contributed by atoms with Crippen LogP contribution in [0.5, 0.6) is 0 Å². The van der Waals surface area contributed by atoms with Gasteiger partial charge in [0, 0.05) is 30.9 Å². The summed E-state index contributed by atoms with van der Waals surface area (Å²) in [6, 6.07) is 19.0. The third-order valence-corrected chi connectivity index (χ3v) is 6.01. The lowest BCUT2D eigenvalue weighted by molar-refractivity contribution is 0.0342. The lowest BCUT2D eigenvalue weighted by Crippen LogP contribution is -2.35. The van der Waals surface area contributed by atoms with E-state index < -0.39 is 0 Å². The van der Waals surface area contributed by atoms with Crippen molar-refractivity contribution in [2.75, 3.05) is 31.6 Å². The fourth-order valence-electron chi connectivity index (χ4n) is 4.15. The minimum atomic E-state index is -0.322. The molecule has 0 spiro atoms. The van der Waals surface area contributed by atoms with Gasteiger partial charge in [0.05, 0.1) is 30.8 Å². The molecule has 0 radical (unpaired) electrons. The molecule has 0 bridgehead atoms. The third kappa shape index (κ3) is 4.93. The van der Waals surface area contributed by atoms with Crippen molar-refractivity contribution in [2.24, 2.45) is 0 Å². The molecule has 1 aliphatic rings. The summed E-state index contributed by atoms with van der Waals surface area (Å²) < 4.78 is 20.1. The Morgan fingerprint density at radius 1 is 0.941 bits per heavy atom. The molecule has 5 rings (SSSR count). The molecule has 174 valence electrons. The Balaban J connectivity index is 1.28. The average Bonchev–Trinajstić information content (AvgIpc) is 3.16. The highest BCUT2D eigenvalue weighted by molar-refractivity contribution is 6.05. The van der Waals surface area contributed by atoms with Gasteiger partial charge in [0.1, 0.15) is 5.82 Å². The van der Waals surface area contributed by atoms with Gasteiger partial charge in [-0.15, -0.1) is 0 Å². The Hall–Kier alpha value is -3.75. The number of hydrogen-bond acceptors (Lipinski definition) is 4. The number of amides is 1. The number of H-pyrrole nitrogens is 1. The first-order valence-electron chi connectivity index (χ1n) is 11.2. The fourth-order valence-corrected chi connectivity index (χ4v) is 4.15. The molecule has 2 heterocycles. The molecule has 1 saturated heterocycles. The summed E-state index contributed by atoms with van der Waals surface area (Å²) in [6.07, 6.45) is 0. The molecule has 7 nitrogen and oxygen atoms in total. The third-order valence-electron chi connectivity index (χ3n) is 6.01. The first-order chi connectivity index (χ1) is 16.5. The number of rotatable bonds is 6. The molecular formula is C26H25FN4O3. The number of anilines is 1. The topological polar surface area (TPSA) is 79.4 Å². The first kappa shape index (κ1) is 22.1. The highest BCUT2D eigenvalue weighted by Crippen LogP contribution is 2.17. The molecule has 1 amide bonds. The van der Waals surface area contributed by atoms with Crippen molar-refractivity contribution >= 4 is 22.6 Å². The standard InChI is InChI=1S/C26H25FN4O3/c27-21-6-1-19(2-7-21)17-31-24-10-5-20(15-23(24)29-26(31)33)25(32)28-22-8-3-18(4-9-22)16-30-11-13-34-14-12-30/h1-10,15H,11-14,16-17H2,(H,28,32)(H,29,33). The summed E-state index contributed by atoms with van der Waals surface area (Å²) >= 11 is 0. The number of aromatic amines is 1. The predicted octanol–water partition coefficient (Wildman–Crippen LogP) is 3.60. The van der Waals surface area contributed by atoms with E-state index in [-0.39, 0.29) is 17.4 Å². The van der Waals surface area contributed by atoms with Crippen LogP contribution < -0.4 is 11.0 Å². The number of carbonyl (C=O) groups excluding carboxylic acids is 1. The van der Waals surface area contributed by atoms with E-state index in [1.165, 1.54) is 17.7 Å². The molecule has 4 aromatic rings. The zero-order valence-electron chi connectivity index (χ0n) is 18.6. The number of imidazole rings is 1. The van der Waals surface area contributed by atoms with Crippen LogP contribution in [0.2, 0.25) is 0 Å². The largest absolute Gasteiger partial charge is 0.379 e. The van der Waals surface area contributed by atoms with Gasteiger partial charge < -0.3 is 15.0 Å². The molecule has 1 aliphatic heterocycles. The zero-order chi connectivity index (χ0) is 23.5. The molecule has 1 fully saturated rings. The second kappa shape index (κ2) is 9.62. The maximum Gasteiger partial charge on any atom is 0.326 e. The maximum atomic E-state index is 13.2. The van der Waals surface area contributed by atoms with Crippen molar-refractivity contribution in [1.82, 2.24) is 14.5 Å².